The lowest BCUT2D eigenvalue weighted by Gasteiger charge is -2.27. The molecule has 0 spiro atoms. The number of aliphatic hydroxyl groups is 1. The number of hydrogen-bond acceptors (Lipinski definition) is 3. The van der Waals surface area contributed by atoms with Crippen molar-refractivity contribution >= 4 is 10.9 Å². The molecule has 1 aromatic heterocycles. The highest BCUT2D eigenvalue weighted by atomic mass is 16.3. The summed E-state index contributed by atoms with van der Waals surface area (Å²) in [5.74, 6) is 0.401. The van der Waals surface area contributed by atoms with Gasteiger partial charge in [-0.1, -0.05) is 31.0 Å². The lowest BCUT2D eigenvalue weighted by molar-refractivity contribution is 0.0694. The van der Waals surface area contributed by atoms with Crippen LogP contribution in [0.25, 0.3) is 10.9 Å². The summed E-state index contributed by atoms with van der Waals surface area (Å²) < 4.78 is 2.06. The van der Waals surface area contributed by atoms with Crippen LogP contribution in [0.15, 0.2) is 24.3 Å². The summed E-state index contributed by atoms with van der Waals surface area (Å²) in [6.45, 7) is 4.67. The number of nitrogens with one attached hydrogen (secondary N) is 1. The van der Waals surface area contributed by atoms with Crippen molar-refractivity contribution in [3.63, 3.8) is 0 Å². The molecule has 1 aromatic carbocycles. The third-order valence-corrected chi connectivity index (χ3v) is 4.60. The largest absolute Gasteiger partial charge is 0.393 e. The molecule has 0 amide bonds. The number of benzene rings is 1. The van der Waals surface area contributed by atoms with Gasteiger partial charge in [-0.15, -0.1) is 0 Å². The topological polar surface area (TPSA) is 50.1 Å². The van der Waals surface area contributed by atoms with E-state index in [0.717, 1.165) is 38.2 Å². The van der Waals surface area contributed by atoms with Crippen LogP contribution in [0.5, 0.6) is 0 Å². The average Bonchev–Trinajstić information content (AvgIpc) is 2.88. The van der Waals surface area contributed by atoms with Crippen LogP contribution >= 0.6 is 0 Å². The molecule has 1 saturated carbocycles. The first-order chi connectivity index (χ1) is 10.3. The molecule has 1 aliphatic carbocycles. The van der Waals surface area contributed by atoms with E-state index in [-0.39, 0.29) is 6.10 Å². The maximum atomic E-state index is 10.0. The predicted octanol–water partition coefficient (Wildman–Crippen LogP) is 2.70. The molecule has 4 nitrogen and oxygen atoms in total. The quantitative estimate of drug-likeness (QED) is 0.889. The fraction of sp³-hybridized carbons (Fsp3) is 0.588. The third kappa shape index (κ3) is 3.11. The Bertz CT molecular complexity index is 593. The Morgan fingerprint density at radius 2 is 2.10 bits per heavy atom. The van der Waals surface area contributed by atoms with Crippen molar-refractivity contribution in [2.75, 3.05) is 6.54 Å². The number of aryl methyl sites for hydroxylation is 1. The maximum absolute atomic E-state index is 10.0. The van der Waals surface area contributed by atoms with E-state index in [9.17, 15) is 5.11 Å². The van der Waals surface area contributed by atoms with Crippen LogP contribution in [0.1, 0.15) is 38.3 Å². The molecular weight excluding hydrogens is 262 g/mol. The molecular formula is C17H25N3O. The lowest BCUT2D eigenvalue weighted by Crippen LogP contribution is -2.33. The summed E-state index contributed by atoms with van der Waals surface area (Å²) in [5.41, 5.74) is 2.31. The molecule has 2 unspecified atom stereocenters. The number of aliphatic hydroxyl groups excluding tert-OH is 1. The van der Waals surface area contributed by atoms with Crippen LogP contribution in [-0.2, 0) is 13.1 Å². The van der Waals surface area contributed by atoms with E-state index in [1.807, 2.05) is 0 Å². The predicted molar refractivity (Wildman–Crippen MR) is 85.1 cm³/mol. The number of fused-ring (bicyclic) bond motifs is 1. The van der Waals surface area contributed by atoms with Gasteiger partial charge in [-0.2, -0.15) is 5.10 Å². The van der Waals surface area contributed by atoms with Gasteiger partial charge in [-0.25, -0.2) is 0 Å². The second kappa shape index (κ2) is 6.58. The standard InChI is InChI=1S/C17H25N3O/c1-2-20-16-9-5-4-8-14(16)15(19-20)12-18-11-13-7-3-6-10-17(13)21/h4-5,8-9,13,17-18,21H,2-3,6-7,10-12H2,1H3. The van der Waals surface area contributed by atoms with Gasteiger partial charge in [-0.3, -0.25) is 4.68 Å². The Kier molecular flexibility index (Phi) is 4.56. The number of para-hydroxylation sites is 1. The van der Waals surface area contributed by atoms with Crippen molar-refractivity contribution in [2.24, 2.45) is 5.92 Å². The van der Waals surface area contributed by atoms with Gasteiger partial charge >= 0.3 is 0 Å². The molecule has 1 aliphatic rings. The number of nitrogens with zero attached hydrogens (tertiary/aromatic N) is 2. The minimum absolute atomic E-state index is 0.129. The monoisotopic (exact) mass is 287 g/mol. The molecule has 2 atom stereocenters. The molecule has 0 aliphatic heterocycles. The van der Waals surface area contributed by atoms with E-state index in [1.54, 1.807) is 0 Å². The summed E-state index contributed by atoms with van der Waals surface area (Å²) in [4.78, 5) is 0. The van der Waals surface area contributed by atoms with E-state index in [1.165, 1.54) is 23.7 Å². The van der Waals surface area contributed by atoms with E-state index < -0.39 is 0 Å². The van der Waals surface area contributed by atoms with Gasteiger partial charge in [0, 0.05) is 25.0 Å². The van der Waals surface area contributed by atoms with Crippen LogP contribution in [0.3, 0.4) is 0 Å². The van der Waals surface area contributed by atoms with Gasteiger partial charge in [0.25, 0.3) is 0 Å². The lowest BCUT2D eigenvalue weighted by atomic mass is 9.86. The highest BCUT2D eigenvalue weighted by molar-refractivity contribution is 5.81. The van der Waals surface area contributed by atoms with Gasteiger partial charge in [0.05, 0.1) is 17.3 Å². The molecule has 2 aromatic rings. The molecule has 4 heteroatoms. The number of aromatic nitrogens is 2. The zero-order valence-electron chi connectivity index (χ0n) is 12.8. The summed E-state index contributed by atoms with van der Waals surface area (Å²) in [5, 5.41) is 19.4. The molecule has 0 bridgehead atoms. The van der Waals surface area contributed by atoms with Gasteiger partial charge in [-0.05, 0) is 31.7 Å². The molecule has 0 saturated heterocycles. The normalized spacial score (nSPS) is 22.8. The Morgan fingerprint density at radius 3 is 2.90 bits per heavy atom. The van der Waals surface area contributed by atoms with Crippen molar-refractivity contribution in [2.45, 2.75) is 51.8 Å². The van der Waals surface area contributed by atoms with E-state index in [0.29, 0.717) is 5.92 Å². The molecule has 21 heavy (non-hydrogen) atoms. The van der Waals surface area contributed by atoms with Crippen molar-refractivity contribution < 1.29 is 5.11 Å². The van der Waals surface area contributed by atoms with E-state index in [2.05, 4.69) is 41.2 Å². The molecule has 3 rings (SSSR count). The average molecular weight is 287 g/mol. The van der Waals surface area contributed by atoms with E-state index in [4.69, 9.17) is 5.10 Å². The first-order valence-corrected chi connectivity index (χ1v) is 8.12. The summed E-state index contributed by atoms with van der Waals surface area (Å²) >= 11 is 0. The fourth-order valence-corrected chi connectivity index (χ4v) is 3.37. The van der Waals surface area contributed by atoms with Gasteiger partial charge in [0.1, 0.15) is 0 Å². The van der Waals surface area contributed by atoms with Crippen LogP contribution in [0.2, 0.25) is 0 Å². The second-order valence-corrected chi connectivity index (χ2v) is 6.02. The fourth-order valence-electron chi connectivity index (χ4n) is 3.37. The van der Waals surface area contributed by atoms with Crippen LogP contribution < -0.4 is 5.32 Å². The molecule has 1 fully saturated rings. The SMILES string of the molecule is CCn1nc(CNCC2CCCCC2O)c2ccccc21. The van der Waals surface area contributed by atoms with Crippen molar-refractivity contribution in [1.29, 1.82) is 0 Å². The van der Waals surface area contributed by atoms with Crippen LogP contribution in [0.4, 0.5) is 0 Å². The van der Waals surface area contributed by atoms with Crippen molar-refractivity contribution in [1.82, 2.24) is 15.1 Å². The third-order valence-electron chi connectivity index (χ3n) is 4.60. The number of hydrogen-bond donors (Lipinski definition) is 2. The summed E-state index contributed by atoms with van der Waals surface area (Å²) in [7, 11) is 0. The van der Waals surface area contributed by atoms with E-state index >= 15 is 0 Å². The number of rotatable bonds is 5. The highest BCUT2D eigenvalue weighted by Gasteiger charge is 2.22. The minimum Gasteiger partial charge on any atom is -0.393 e. The molecule has 1 heterocycles. The first kappa shape index (κ1) is 14.5. The van der Waals surface area contributed by atoms with Crippen LogP contribution in [-0.4, -0.2) is 27.5 Å². The first-order valence-electron chi connectivity index (χ1n) is 8.12. The Labute approximate surface area is 126 Å². The van der Waals surface area contributed by atoms with Gasteiger partial charge < -0.3 is 10.4 Å². The molecule has 114 valence electrons. The highest BCUT2D eigenvalue weighted by Crippen LogP contribution is 2.24. The Balaban J connectivity index is 1.65. The van der Waals surface area contributed by atoms with Crippen LogP contribution in [0, 0.1) is 5.92 Å². The van der Waals surface area contributed by atoms with Crippen molar-refractivity contribution in [3.8, 4) is 0 Å². The smallest absolute Gasteiger partial charge is 0.0841 e. The van der Waals surface area contributed by atoms with Gasteiger partial charge in [0.15, 0.2) is 0 Å². The summed E-state index contributed by atoms with van der Waals surface area (Å²) in [6.07, 6.45) is 4.38. The Morgan fingerprint density at radius 1 is 1.29 bits per heavy atom. The molecule has 0 radical (unpaired) electrons. The summed E-state index contributed by atoms with van der Waals surface area (Å²) in [6, 6.07) is 8.39. The second-order valence-electron chi connectivity index (χ2n) is 6.02. The van der Waals surface area contributed by atoms with Gasteiger partial charge in [0.2, 0.25) is 0 Å². The molecule has 2 N–H and O–H groups in total. The zero-order chi connectivity index (χ0) is 14.7. The van der Waals surface area contributed by atoms with Crippen molar-refractivity contribution in [3.05, 3.63) is 30.0 Å². The minimum atomic E-state index is -0.129. The maximum Gasteiger partial charge on any atom is 0.0841 e. The Hall–Kier alpha value is -1.39. The zero-order valence-corrected chi connectivity index (χ0v) is 12.8.